The van der Waals surface area contributed by atoms with Crippen LogP contribution in [0, 0.1) is 0 Å². The maximum absolute atomic E-state index is 13.8. The van der Waals surface area contributed by atoms with Gasteiger partial charge in [-0.1, -0.05) is 30.3 Å². The summed E-state index contributed by atoms with van der Waals surface area (Å²) in [5.41, 5.74) is 26.9. The first-order valence-electron chi connectivity index (χ1n) is 18.6. The summed E-state index contributed by atoms with van der Waals surface area (Å²) < 4.78 is 0. The second kappa shape index (κ2) is 26.6. The van der Waals surface area contributed by atoms with Gasteiger partial charge in [0.05, 0.1) is 32.4 Å². The van der Waals surface area contributed by atoms with Crippen LogP contribution in [0.2, 0.25) is 0 Å². The summed E-state index contributed by atoms with van der Waals surface area (Å²) in [6.07, 6.45) is -2.90. The molecule has 0 aliphatic heterocycles. The van der Waals surface area contributed by atoms with Gasteiger partial charge in [0.1, 0.15) is 42.3 Å². The Balaban J connectivity index is 3.30. The molecule has 0 radical (unpaired) electrons. The van der Waals surface area contributed by atoms with Crippen LogP contribution in [0.3, 0.4) is 0 Å². The molecule has 0 saturated carbocycles. The predicted molar refractivity (Wildman–Crippen MR) is 213 cm³/mol. The molecule has 0 bridgehead atoms. The van der Waals surface area contributed by atoms with Gasteiger partial charge in [-0.2, -0.15) is 0 Å². The number of hydrogen-bond acceptors (Lipinski definition) is 14. The number of carbonyl (C=O) groups excluding carboxylic acids is 9. The fraction of sp³-hybridized carbons (Fsp3) is 0.486. The molecule has 0 spiro atoms. The van der Waals surface area contributed by atoms with Gasteiger partial charge in [-0.3, -0.25) is 52.9 Å². The number of carbonyl (C=O) groups is 11. The number of nitrogens with two attached hydrogens (primary N) is 5. The van der Waals surface area contributed by atoms with Crippen molar-refractivity contribution in [3.8, 4) is 0 Å². The molecular weight excluding hydrogens is 826 g/mol. The topological polar surface area (TPSA) is 475 Å². The number of nitrogens with zero attached hydrogens (tertiary/aromatic N) is 1. The van der Waals surface area contributed by atoms with Crippen molar-refractivity contribution < 1.29 is 68.1 Å². The van der Waals surface area contributed by atoms with E-state index in [0.717, 1.165) is 6.92 Å². The van der Waals surface area contributed by atoms with Crippen molar-refractivity contribution >= 4 is 71.1 Å². The SMILES string of the molecule is C[C@H](NC(=O)[C@H](CCCN=C(N)N)NC(=O)[C@H](Cc1ccccc1)NC(=O)[C@H](CC(N)=O)NC(=O)CN)C(=O)N[C@@H](CO)C(=O)N[C@@H](CC(=O)O)C(=O)N[C@@H](CC(N)=O)C(=O)O. The molecule has 27 nitrogen and oxygen atoms in total. The van der Waals surface area contributed by atoms with E-state index in [9.17, 15) is 68.1 Å². The zero-order valence-corrected chi connectivity index (χ0v) is 33.5. The number of rotatable bonds is 28. The Labute approximate surface area is 353 Å². The highest BCUT2D eigenvalue weighted by atomic mass is 16.4. The normalized spacial score (nSPS) is 14.0. The molecule has 0 unspecified atom stereocenters. The highest BCUT2D eigenvalue weighted by Crippen LogP contribution is 2.08. The monoisotopic (exact) mass is 879 g/mol. The number of benzene rings is 1. The zero-order chi connectivity index (χ0) is 47.1. The van der Waals surface area contributed by atoms with Crippen LogP contribution in [0.4, 0.5) is 0 Å². The molecule has 0 saturated heterocycles. The van der Waals surface area contributed by atoms with E-state index in [0.29, 0.717) is 5.56 Å². The van der Waals surface area contributed by atoms with Gasteiger partial charge in [-0.25, -0.2) is 4.79 Å². The number of hydrogen-bond donors (Lipinski definition) is 15. The lowest BCUT2D eigenvalue weighted by Gasteiger charge is -2.26. The van der Waals surface area contributed by atoms with Crippen LogP contribution < -0.4 is 65.9 Å². The third kappa shape index (κ3) is 20.0. The highest BCUT2D eigenvalue weighted by Gasteiger charge is 2.34. The average molecular weight is 880 g/mol. The van der Waals surface area contributed by atoms with Gasteiger partial charge < -0.3 is 81.2 Å². The number of aliphatic imine (C=N–C) groups is 1. The fourth-order valence-corrected chi connectivity index (χ4v) is 5.24. The summed E-state index contributed by atoms with van der Waals surface area (Å²) in [7, 11) is 0. The van der Waals surface area contributed by atoms with Crippen molar-refractivity contribution in [2.75, 3.05) is 19.7 Å². The van der Waals surface area contributed by atoms with Gasteiger partial charge in [0.2, 0.25) is 53.2 Å². The van der Waals surface area contributed by atoms with Crippen LogP contribution in [0.5, 0.6) is 0 Å². The maximum Gasteiger partial charge on any atom is 0.326 e. The molecule has 0 aliphatic rings. The smallest absolute Gasteiger partial charge is 0.326 e. The standard InChI is InChI=1S/C35H53N13O14/c1-16(28(55)48-23(15-49)33(60)46-21(13-27(53)54)32(59)47-22(34(61)62)12-25(38)51)42-29(56)18(8-5-9-41-35(39)40)44-30(57)19(10-17-6-3-2-4-7-17)45-31(58)20(11-24(37)50)43-26(52)14-36/h2-4,6-7,16,18-23,49H,5,8-15,36H2,1H3,(H2,37,50)(H2,38,51)(H,42,56)(H,43,52)(H,44,57)(H,45,58)(H,46,60)(H,47,59)(H,48,55)(H,53,54)(H,61,62)(H4,39,40,41)/t16-,18-,19-,20-,21-,22-,23-/m0/s1. The van der Waals surface area contributed by atoms with E-state index in [2.05, 4.69) is 31.6 Å². The number of primary amides is 2. The first kappa shape index (κ1) is 52.6. The van der Waals surface area contributed by atoms with Crippen LogP contribution in [0.15, 0.2) is 35.3 Å². The molecule has 1 aromatic rings. The lowest BCUT2D eigenvalue weighted by atomic mass is 10.0. The van der Waals surface area contributed by atoms with Crippen LogP contribution in [-0.4, -0.2) is 148 Å². The van der Waals surface area contributed by atoms with Gasteiger partial charge in [-0.05, 0) is 25.3 Å². The van der Waals surface area contributed by atoms with E-state index in [4.69, 9.17) is 28.7 Å². The maximum atomic E-state index is 13.8. The van der Waals surface area contributed by atoms with Crippen molar-refractivity contribution in [2.45, 2.75) is 87.7 Å². The summed E-state index contributed by atoms with van der Waals surface area (Å²) in [6.45, 7) is -0.543. The third-order valence-electron chi connectivity index (χ3n) is 8.34. The van der Waals surface area contributed by atoms with Crippen molar-refractivity contribution in [2.24, 2.45) is 33.7 Å². The molecule has 0 aliphatic carbocycles. The molecule has 342 valence electrons. The summed E-state index contributed by atoms with van der Waals surface area (Å²) in [5.74, 6) is -13.2. The van der Waals surface area contributed by atoms with Crippen LogP contribution in [0.25, 0.3) is 0 Å². The Morgan fingerprint density at radius 1 is 0.597 bits per heavy atom. The Kier molecular flexibility index (Phi) is 22.6. The summed E-state index contributed by atoms with van der Waals surface area (Å²) in [6, 6.07) is -3.46. The quantitative estimate of drug-likeness (QED) is 0.0211. The van der Waals surface area contributed by atoms with E-state index in [-0.39, 0.29) is 31.8 Å². The van der Waals surface area contributed by atoms with Gasteiger partial charge in [0, 0.05) is 13.0 Å². The number of amides is 9. The molecule has 1 aromatic carbocycles. The number of aliphatic carboxylic acids is 2. The predicted octanol–water partition coefficient (Wildman–Crippen LogP) is -8.04. The number of aliphatic hydroxyl groups is 1. The number of guanidine groups is 1. The number of nitrogens with one attached hydrogen (secondary N) is 7. The number of carboxylic acids is 2. The third-order valence-corrected chi connectivity index (χ3v) is 8.34. The van der Waals surface area contributed by atoms with E-state index >= 15 is 0 Å². The van der Waals surface area contributed by atoms with Crippen molar-refractivity contribution in [1.82, 2.24) is 37.2 Å². The van der Waals surface area contributed by atoms with Gasteiger partial charge in [-0.15, -0.1) is 0 Å². The Hall–Kier alpha value is -7.42. The Morgan fingerprint density at radius 2 is 1.06 bits per heavy atom. The van der Waals surface area contributed by atoms with Gasteiger partial charge in [0.25, 0.3) is 0 Å². The van der Waals surface area contributed by atoms with Crippen LogP contribution in [-0.2, 0) is 59.2 Å². The highest BCUT2D eigenvalue weighted by molar-refractivity contribution is 5.99. The first-order chi connectivity index (χ1) is 29.1. The first-order valence-corrected chi connectivity index (χ1v) is 18.6. The molecule has 0 fully saturated rings. The second-order valence-electron chi connectivity index (χ2n) is 13.5. The van der Waals surface area contributed by atoms with E-state index in [1.807, 2.05) is 10.6 Å². The lowest BCUT2D eigenvalue weighted by molar-refractivity contribution is -0.145. The minimum absolute atomic E-state index is 0.0197. The second-order valence-corrected chi connectivity index (χ2v) is 13.5. The average Bonchev–Trinajstić information content (AvgIpc) is 3.19. The van der Waals surface area contributed by atoms with Crippen LogP contribution >= 0.6 is 0 Å². The van der Waals surface area contributed by atoms with Crippen molar-refractivity contribution in [3.63, 3.8) is 0 Å². The van der Waals surface area contributed by atoms with E-state index < -0.39 is 140 Å². The molecule has 62 heavy (non-hydrogen) atoms. The fourth-order valence-electron chi connectivity index (χ4n) is 5.24. The van der Waals surface area contributed by atoms with E-state index in [1.165, 1.54) is 0 Å². The van der Waals surface area contributed by atoms with Crippen LogP contribution in [0.1, 0.15) is 44.6 Å². The molecule has 7 atom stereocenters. The Morgan fingerprint density at radius 3 is 1.58 bits per heavy atom. The lowest BCUT2D eigenvalue weighted by Crippen LogP contribution is -2.60. The van der Waals surface area contributed by atoms with E-state index in [1.54, 1.807) is 30.3 Å². The van der Waals surface area contributed by atoms with Crippen molar-refractivity contribution in [3.05, 3.63) is 35.9 Å². The number of carboxylic acid groups (broad SMARTS) is 2. The van der Waals surface area contributed by atoms with Crippen molar-refractivity contribution in [1.29, 1.82) is 0 Å². The summed E-state index contributed by atoms with van der Waals surface area (Å²) >= 11 is 0. The molecular formula is C35H53N13O14. The minimum atomic E-state index is -1.98. The molecule has 27 heteroatoms. The van der Waals surface area contributed by atoms with Gasteiger partial charge in [0.15, 0.2) is 5.96 Å². The molecule has 1 rings (SSSR count). The minimum Gasteiger partial charge on any atom is -0.481 e. The molecule has 20 N–H and O–H groups in total. The Bertz CT molecular complexity index is 1830. The molecule has 0 heterocycles. The molecule has 9 amide bonds. The summed E-state index contributed by atoms with van der Waals surface area (Å²) in [4.78, 5) is 141. The van der Waals surface area contributed by atoms with Gasteiger partial charge >= 0.3 is 11.9 Å². The largest absolute Gasteiger partial charge is 0.481 e. The number of aliphatic hydroxyl groups excluding tert-OH is 1. The zero-order valence-electron chi connectivity index (χ0n) is 33.5. The summed E-state index contributed by atoms with van der Waals surface area (Å²) in [5, 5.41) is 43.9. The molecule has 0 aromatic heterocycles.